The van der Waals surface area contributed by atoms with Crippen molar-refractivity contribution in [1.29, 1.82) is 0 Å². The first-order valence-electron chi connectivity index (χ1n) is 13.6. The van der Waals surface area contributed by atoms with Crippen LogP contribution in [0.5, 0.6) is 0 Å². The number of aliphatic hydroxyl groups excluding tert-OH is 1. The number of ketones is 1. The summed E-state index contributed by atoms with van der Waals surface area (Å²) in [5, 5.41) is 11.8. The molecule has 0 bridgehead atoms. The first-order chi connectivity index (χ1) is 15.8. The van der Waals surface area contributed by atoms with Gasteiger partial charge in [-0.25, -0.2) is 0 Å². The van der Waals surface area contributed by atoms with Crippen LogP contribution in [0.3, 0.4) is 0 Å². The summed E-state index contributed by atoms with van der Waals surface area (Å²) in [4.78, 5) is 37.4. The Bertz CT molecular complexity index is 853. The topological polar surface area (TPSA) is 80.7 Å². The summed E-state index contributed by atoms with van der Waals surface area (Å²) in [5.41, 5.74) is -0.306. The third-order valence-corrected chi connectivity index (χ3v) is 12.1. The van der Waals surface area contributed by atoms with Crippen LogP contribution in [0.15, 0.2) is 0 Å². The average Bonchev–Trinajstić information content (AvgIpc) is 2.75. The third-order valence-electron chi connectivity index (χ3n) is 12.1. The first-order valence-corrected chi connectivity index (χ1v) is 13.6. The normalized spacial score (nSPS) is 52.5. The van der Waals surface area contributed by atoms with Crippen molar-refractivity contribution in [1.82, 2.24) is 0 Å². The van der Waals surface area contributed by atoms with Gasteiger partial charge in [-0.1, -0.05) is 47.5 Å². The molecule has 5 nitrogen and oxygen atoms in total. The van der Waals surface area contributed by atoms with Crippen LogP contribution in [0.25, 0.3) is 0 Å². The maximum atomic E-state index is 12.8. The fraction of sp³-hybridized carbons (Fsp3) is 0.897. The lowest BCUT2D eigenvalue weighted by atomic mass is 9.33. The monoisotopic (exact) mass is 474 g/mol. The van der Waals surface area contributed by atoms with Crippen LogP contribution >= 0.6 is 0 Å². The minimum absolute atomic E-state index is 0.0106. The molecule has 0 spiro atoms. The Morgan fingerprint density at radius 1 is 0.971 bits per heavy atom. The first kappa shape index (κ1) is 25.9. The summed E-state index contributed by atoms with van der Waals surface area (Å²) in [6.45, 7) is 14.6. The molecule has 0 saturated heterocycles. The number of hydrogen-bond acceptors (Lipinski definition) is 5. The zero-order chi connectivity index (χ0) is 25.3. The highest BCUT2D eigenvalue weighted by molar-refractivity contribution is 5.83. The van der Waals surface area contributed by atoms with E-state index in [0.29, 0.717) is 30.1 Å². The van der Waals surface area contributed by atoms with Gasteiger partial charge in [-0.3, -0.25) is 9.59 Å². The molecule has 11 atom stereocenters. The van der Waals surface area contributed by atoms with E-state index in [9.17, 15) is 19.5 Å². The molecule has 192 valence electrons. The SMILES string of the molecule is CC[C@@]1(C)CCC[C@]2(C)[C@@H]3C[C@H](O)[C@]4(C)[C@@H](C=O)[C@H](C(C)=O)[C@H](OC(C)=O)C[C@H]4[C@]3(C)CC[C@@H]12. The van der Waals surface area contributed by atoms with Crippen LogP contribution in [-0.2, 0) is 19.1 Å². The maximum absolute atomic E-state index is 12.8. The van der Waals surface area contributed by atoms with Crippen molar-refractivity contribution in [3.05, 3.63) is 0 Å². The second-order valence-corrected chi connectivity index (χ2v) is 13.4. The van der Waals surface area contributed by atoms with Crippen molar-refractivity contribution in [2.24, 2.45) is 51.2 Å². The van der Waals surface area contributed by atoms with Crippen molar-refractivity contribution >= 4 is 18.0 Å². The summed E-state index contributed by atoms with van der Waals surface area (Å²) in [6, 6.07) is 0. The smallest absolute Gasteiger partial charge is 0.302 e. The van der Waals surface area contributed by atoms with Gasteiger partial charge in [0.15, 0.2) is 0 Å². The van der Waals surface area contributed by atoms with Crippen LogP contribution in [-0.4, -0.2) is 35.4 Å². The molecule has 5 heteroatoms. The predicted molar refractivity (Wildman–Crippen MR) is 131 cm³/mol. The zero-order valence-electron chi connectivity index (χ0n) is 22.4. The molecule has 0 unspecified atom stereocenters. The number of carbonyl (C=O) groups excluding carboxylic acids is 3. The molecule has 1 N–H and O–H groups in total. The summed E-state index contributed by atoms with van der Waals surface area (Å²) in [6.07, 6.45) is 7.93. The lowest BCUT2D eigenvalue weighted by molar-refractivity contribution is -0.259. The second-order valence-electron chi connectivity index (χ2n) is 13.4. The van der Waals surface area contributed by atoms with Crippen LogP contribution in [0.1, 0.15) is 99.8 Å². The fourth-order valence-corrected chi connectivity index (χ4v) is 10.3. The lowest BCUT2D eigenvalue weighted by Crippen LogP contribution is -2.69. The van der Waals surface area contributed by atoms with E-state index in [0.717, 1.165) is 19.1 Å². The van der Waals surface area contributed by atoms with E-state index in [1.807, 2.05) is 6.92 Å². The van der Waals surface area contributed by atoms with Gasteiger partial charge in [-0.15, -0.1) is 0 Å². The van der Waals surface area contributed by atoms with Gasteiger partial charge in [0.25, 0.3) is 0 Å². The van der Waals surface area contributed by atoms with Gasteiger partial charge < -0.3 is 14.6 Å². The van der Waals surface area contributed by atoms with Crippen molar-refractivity contribution < 1.29 is 24.2 Å². The van der Waals surface area contributed by atoms with E-state index in [1.165, 1.54) is 39.5 Å². The molecule has 0 aliphatic heterocycles. The van der Waals surface area contributed by atoms with Crippen LogP contribution in [0, 0.1) is 51.2 Å². The van der Waals surface area contributed by atoms with Crippen LogP contribution in [0.2, 0.25) is 0 Å². The van der Waals surface area contributed by atoms with E-state index >= 15 is 0 Å². The Labute approximate surface area is 205 Å². The summed E-state index contributed by atoms with van der Waals surface area (Å²) in [7, 11) is 0. The van der Waals surface area contributed by atoms with Crippen molar-refractivity contribution in [3.63, 3.8) is 0 Å². The molecule has 0 radical (unpaired) electrons. The third kappa shape index (κ3) is 3.38. The number of carbonyl (C=O) groups is 3. The molecule has 4 fully saturated rings. The predicted octanol–water partition coefficient (Wildman–Crippen LogP) is 5.37. The van der Waals surface area contributed by atoms with E-state index in [-0.39, 0.29) is 22.5 Å². The van der Waals surface area contributed by atoms with Crippen molar-refractivity contribution in [2.45, 2.75) is 112 Å². The van der Waals surface area contributed by atoms with Gasteiger partial charge in [-0.2, -0.15) is 0 Å². The average molecular weight is 475 g/mol. The van der Waals surface area contributed by atoms with Gasteiger partial charge in [0.2, 0.25) is 0 Å². The van der Waals surface area contributed by atoms with E-state index in [4.69, 9.17) is 4.74 Å². The van der Waals surface area contributed by atoms with Crippen molar-refractivity contribution in [2.75, 3.05) is 0 Å². The number of ether oxygens (including phenoxy) is 1. The summed E-state index contributed by atoms with van der Waals surface area (Å²) in [5.74, 6) is -0.906. The number of hydrogen-bond donors (Lipinski definition) is 1. The van der Waals surface area contributed by atoms with E-state index < -0.39 is 35.4 Å². The second kappa shape index (κ2) is 8.42. The maximum Gasteiger partial charge on any atom is 0.302 e. The van der Waals surface area contributed by atoms with Crippen LogP contribution < -0.4 is 0 Å². The molecule has 0 aromatic rings. The fourth-order valence-electron chi connectivity index (χ4n) is 10.3. The molecule has 0 aromatic carbocycles. The molecule has 0 aromatic heterocycles. The minimum atomic E-state index is -0.702. The molecule has 0 heterocycles. The molecular formula is C29H46O5. The largest absolute Gasteiger partial charge is 0.462 e. The lowest BCUT2D eigenvalue weighted by Gasteiger charge is -2.71. The quantitative estimate of drug-likeness (QED) is 0.438. The molecule has 0 amide bonds. The molecular weight excluding hydrogens is 428 g/mol. The van der Waals surface area contributed by atoms with Gasteiger partial charge in [-0.05, 0) is 79.4 Å². The van der Waals surface area contributed by atoms with Gasteiger partial charge in [0.1, 0.15) is 18.2 Å². The van der Waals surface area contributed by atoms with Gasteiger partial charge >= 0.3 is 5.97 Å². The number of rotatable bonds is 4. The molecule has 4 rings (SSSR count). The summed E-state index contributed by atoms with van der Waals surface area (Å²) >= 11 is 0. The number of aliphatic hydroxyl groups is 1. The van der Waals surface area contributed by atoms with Crippen molar-refractivity contribution in [3.8, 4) is 0 Å². The van der Waals surface area contributed by atoms with E-state index in [2.05, 4.69) is 27.7 Å². The zero-order valence-corrected chi connectivity index (χ0v) is 22.4. The summed E-state index contributed by atoms with van der Waals surface area (Å²) < 4.78 is 5.73. The highest BCUT2D eigenvalue weighted by Gasteiger charge is 2.70. The van der Waals surface area contributed by atoms with E-state index in [1.54, 1.807) is 0 Å². The molecule has 4 aliphatic rings. The molecule has 4 aliphatic carbocycles. The number of fused-ring (bicyclic) bond motifs is 5. The van der Waals surface area contributed by atoms with Gasteiger partial charge in [0, 0.05) is 18.3 Å². The molecule has 4 saturated carbocycles. The Morgan fingerprint density at radius 2 is 1.62 bits per heavy atom. The minimum Gasteiger partial charge on any atom is -0.462 e. The number of esters is 1. The Balaban J connectivity index is 1.81. The number of Topliss-reactive ketones (excluding diaryl/α,β-unsaturated/α-hetero) is 1. The van der Waals surface area contributed by atoms with Crippen LogP contribution in [0.4, 0.5) is 0 Å². The molecule has 34 heavy (non-hydrogen) atoms. The number of aldehydes is 1. The standard InChI is InChI=1S/C29H46O5/c1-8-26(4)11-9-12-27(5)21(26)10-13-28(6)22(27)15-24(33)29(7)19(16-30)25(17(2)31)20(14-23(28)29)34-18(3)32/h16,19-25,33H,8-15H2,1-7H3/t19-,20+,21-,22-,23-,24-,25-,26-,27-,28+,29+/m0/s1. The highest BCUT2D eigenvalue weighted by atomic mass is 16.5. The Kier molecular flexibility index (Phi) is 6.40. The van der Waals surface area contributed by atoms with Gasteiger partial charge in [0.05, 0.1) is 12.0 Å². The Morgan fingerprint density at radius 3 is 2.18 bits per heavy atom. The Hall–Kier alpha value is -1.23. The highest BCUT2D eigenvalue weighted by Crippen LogP contribution is 2.73.